The lowest BCUT2D eigenvalue weighted by Gasteiger charge is -2.09. The van der Waals surface area contributed by atoms with Gasteiger partial charge in [0, 0.05) is 18.7 Å². The standard InChI is InChI=1S/C15H20FNO2/c16-13-5-12(8-17-14-3-4-14)6-15(7-13)19-10-18-9-11-1-2-11/h5-7,11,14,17H,1-4,8-10H2. The van der Waals surface area contributed by atoms with Gasteiger partial charge >= 0.3 is 0 Å². The maximum Gasteiger partial charge on any atom is 0.189 e. The molecule has 0 unspecified atom stereocenters. The zero-order chi connectivity index (χ0) is 13.1. The molecule has 104 valence electrons. The van der Waals surface area contributed by atoms with Crippen molar-refractivity contribution in [1.82, 2.24) is 5.32 Å². The Morgan fingerprint density at radius 2 is 2.00 bits per heavy atom. The number of hydrogen-bond acceptors (Lipinski definition) is 3. The van der Waals surface area contributed by atoms with Crippen molar-refractivity contribution in [2.75, 3.05) is 13.4 Å². The highest BCUT2D eigenvalue weighted by Gasteiger charge is 2.21. The molecule has 0 saturated heterocycles. The van der Waals surface area contributed by atoms with Crippen LogP contribution in [0.25, 0.3) is 0 Å². The molecule has 2 aliphatic rings. The molecule has 2 fully saturated rings. The first-order valence-corrected chi connectivity index (χ1v) is 7.03. The van der Waals surface area contributed by atoms with Gasteiger partial charge in [0.2, 0.25) is 0 Å². The van der Waals surface area contributed by atoms with Crippen molar-refractivity contribution in [1.29, 1.82) is 0 Å². The van der Waals surface area contributed by atoms with E-state index in [1.807, 2.05) is 6.07 Å². The predicted molar refractivity (Wildman–Crippen MR) is 70.4 cm³/mol. The Labute approximate surface area is 113 Å². The first kappa shape index (κ1) is 12.9. The van der Waals surface area contributed by atoms with Crippen molar-refractivity contribution < 1.29 is 13.9 Å². The summed E-state index contributed by atoms with van der Waals surface area (Å²) in [6, 6.07) is 5.45. The molecule has 0 radical (unpaired) electrons. The van der Waals surface area contributed by atoms with Crippen LogP contribution in [-0.2, 0) is 11.3 Å². The number of ether oxygens (including phenoxy) is 2. The Bertz CT molecular complexity index is 430. The van der Waals surface area contributed by atoms with Crippen LogP contribution in [0.2, 0.25) is 0 Å². The second-order valence-electron chi connectivity index (χ2n) is 5.53. The smallest absolute Gasteiger partial charge is 0.189 e. The quantitative estimate of drug-likeness (QED) is 0.579. The Kier molecular flexibility index (Phi) is 3.99. The van der Waals surface area contributed by atoms with E-state index in [2.05, 4.69) is 5.32 Å². The number of rotatable bonds is 8. The fourth-order valence-electron chi connectivity index (χ4n) is 1.96. The van der Waals surface area contributed by atoms with E-state index in [9.17, 15) is 4.39 Å². The molecule has 1 aromatic rings. The summed E-state index contributed by atoms with van der Waals surface area (Å²) < 4.78 is 24.3. The lowest BCUT2D eigenvalue weighted by atomic mass is 10.2. The van der Waals surface area contributed by atoms with Gasteiger partial charge in [0.15, 0.2) is 6.79 Å². The number of nitrogens with one attached hydrogen (secondary N) is 1. The molecule has 2 saturated carbocycles. The summed E-state index contributed by atoms with van der Waals surface area (Å²) in [7, 11) is 0. The van der Waals surface area contributed by atoms with E-state index < -0.39 is 0 Å². The highest BCUT2D eigenvalue weighted by molar-refractivity contribution is 5.29. The average Bonchev–Trinajstić information content (AvgIpc) is 3.26. The van der Waals surface area contributed by atoms with Gasteiger partial charge in [-0.25, -0.2) is 4.39 Å². The highest BCUT2D eigenvalue weighted by atomic mass is 19.1. The molecular formula is C15H20FNO2. The van der Waals surface area contributed by atoms with E-state index in [0.717, 1.165) is 18.1 Å². The maximum atomic E-state index is 13.5. The zero-order valence-corrected chi connectivity index (χ0v) is 11.0. The third kappa shape index (κ3) is 4.48. The summed E-state index contributed by atoms with van der Waals surface area (Å²) in [5, 5.41) is 3.36. The topological polar surface area (TPSA) is 30.5 Å². The molecule has 1 aromatic carbocycles. The highest BCUT2D eigenvalue weighted by Crippen LogP contribution is 2.28. The van der Waals surface area contributed by atoms with Crippen LogP contribution >= 0.6 is 0 Å². The van der Waals surface area contributed by atoms with Crippen molar-refractivity contribution in [2.24, 2.45) is 5.92 Å². The Hall–Kier alpha value is -1.13. The molecule has 4 heteroatoms. The van der Waals surface area contributed by atoms with E-state index >= 15 is 0 Å². The van der Waals surface area contributed by atoms with Gasteiger partial charge in [-0.1, -0.05) is 0 Å². The molecule has 0 atom stereocenters. The SMILES string of the molecule is Fc1cc(CNC2CC2)cc(OCOCC2CC2)c1. The minimum atomic E-state index is -0.257. The maximum absolute atomic E-state index is 13.5. The summed E-state index contributed by atoms with van der Waals surface area (Å²) in [6.07, 6.45) is 4.98. The lowest BCUT2D eigenvalue weighted by molar-refractivity contribution is 0.00979. The molecule has 3 rings (SSSR count). The third-order valence-electron chi connectivity index (χ3n) is 3.46. The molecular weight excluding hydrogens is 245 g/mol. The predicted octanol–water partition coefficient (Wildman–Crippen LogP) is 2.84. The van der Waals surface area contributed by atoms with Crippen molar-refractivity contribution in [3.05, 3.63) is 29.6 Å². The normalized spacial score (nSPS) is 18.6. The molecule has 2 aliphatic carbocycles. The molecule has 0 spiro atoms. The van der Waals surface area contributed by atoms with E-state index in [0.29, 0.717) is 18.3 Å². The molecule has 19 heavy (non-hydrogen) atoms. The van der Waals surface area contributed by atoms with Crippen LogP contribution in [0.5, 0.6) is 5.75 Å². The van der Waals surface area contributed by atoms with Gasteiger partial charge in [-0.3, -0.25) is 0 Å². The second kappa shape index (κ2) is 5.88. The summed E-state index contributed by atoms with van der Waals surface area (Å²) in [5.74, 6) is 1.00. The monoisotopic (exact) mass is 265 g/mol. The fraction of sp³-hybridized carbons (Fsp3) is 0.600. The van der Waals surface area contributed by atoms with Gasteiger partial charge in [-0.2, -0.15) is 0 Å². The van der Waals surface area contributed by atoms with Crippen LogP contribution in [0, 0.1) is 11.7 Å². The molecule has 0 aromatic heterocycles. The number of halogens is 1. The Balaban J connectivity index is 1.47. The molecule has 0 amide bonds. The minimum Gasteiger partial charge on any atom is -0.467 e. The molecule has 3 nitrogen and oxygen atoms in total. The van der Waals surface area contributed by atoms with E-state index in [4.69, 9.17) is 9.47 Å². The second-order valence-corrected chi connectivity index (χ2v) is 5.53. The van der Waals surface area contributed by atoms with Gasteiger partial charge < -0.3 is 14.8 Å². The van der Waals surface area contributed by atoms with Crippen molar-refractivity contribution in [3.8, 4) is 5.75 Å². The summed E-state index contributed by atoms with van der Waals surface area (Å²) in [5.41, 5.74) is 0.920. The Morgan fingerprint density at radius 1 is 1.16 bits per heavy atom. The first-order chi connectivity index (χ1) is 9.29. The summed E-state index contributed by atoms with van der Waals surface area (Å²) in [6.45, 7) is 1.66. The van der Waals surface area contributed by atoms with Gasteiger partial charge in [0.05, 0.1) is 6.61 Å². The van der Waals surface area contributed by atoms with Crippen molar-refractivity contribution >= 4 is 0 Å². The van der Waals surface area contributed by atoms with Crippen LogP contribution in [0.1, 0.15) is 31.2 Å². The number of hydrogen-bond donors (Lipinski definition) is 1. The number of benzene rings is 1. The third-order valence-corrected chi connectivity index (χ3v) is 3.46. The Morgan fingerprint density at radius 3 is 2.74 bits per heavy atom. The molecule has 0 aliphatic heterocycles. The van der Waals surface area contributed by atoms with Crippen molar-refractivity contribution in [3.63, 3.8) is 0 Å². The summed E-state index contributed by atoms with van der Waals surface area (Å²) in [4.78, 5) is 0. The van der Waals surface area contributed by atoms with Crippen LogP contribution in [0.4, 0.5) is 4.39 Å². The summed E-state index contributed by atoms with van der Waals surface area (Å²) >= 11 is 0. The van der Waals surface area contributed by atoms with Crippen LogP contribution in [0.3, 0.4) is 0 Å². The van der Waals surface area contributed by atoms with Crippen LogP contribution < -0.4 is 10.1 Å². The van der Waals surface area contributed by atoms with E-state index in [-0.39, 0.29) is 12.6 Å². The molecule has 1 N–H and O–H groups in total. The van der Waals surface area contributed by atoms with Crippen molar-refractivity contribution in [2.45, 2.75) is 38.3 Å². The first-order valence-electron chi connectivity index (χ1n) is 7.03. The van der Waals surface area contributed by atoms with E-state index in [1.54, 1.807) is 6.07 Å². The van der Waals surface area contributed by atoms with E-state index in [1.165, 1.54) is 31.7 Å². The molecule has 0 bridgehead atoms. The van der Waals surface area contributed by atoms with Gasteiger partial charge in [-0.15, -0.1) is 0 Å². The van der Waals surface area contributed by atoms with Gasteiger partial charge in [0.25, 0.3) is 0 Å². The largest absolute Gasteiger partial charge is 0.467 e. The fourth-order valence-corrected chi connectivity index (χ4v) is 1.96. The van der Waals surface area contributed by atoms with Gasteiger partial charge in [0.1, 0.15) is 11.6 Å². The lowest BCUT2D eigenvalue weighted by Crippen LogP contribution is -2.15. The van der Waals surface area contributed by atoms with Gasteiger partial charge in [-0.05, 0) is 49.3 Å². The zero-order valence-electron chi connectivity index (χ0n) is 11.0. The average molecular weight is 265 g/mol. The van der Waals surface area contributed by atoms with Crippen LogP contribution in [0.15, 0.2) is 18.2 Å². The molecule has 0 heterocycles. The van der Waals surface area contributed by atoms with Crippen LogP contribution in [-0.4, -0.2) is 19.4 Å². The minimum absolute atomic E-state index is 0.204.